The zero-order chi connectivity index (χ0) is 9.26. The van der Waals surface area contributed by atoms with Crippen molar-refractivity contribution < 1.29 is 0 Å². The summed E-state index contributed by atoms with van der Waals surface area (Å²) in [5.41, 5.74) is 5.73. The molecular formula is C13H14. The summed E-state index contributed by atoms with van der Waals surface area (Å²) in [5.74, 6) is 0. The maximum Gasteiger partial charge on any atom is -0.00830 e. The first-order valence-corrected chi connectivity index (χ1v) is 4.71. The van der Waals surface area contributed by atoms with Crippen molar-refractivity contribution in [2.75, 3.05) is 0 Å². The predicted octanol–water partition coefficient (Wildman–Crippen LogP) is 3.81. The summed E-state index contributed by atoms with van der Waals surface area (Å²) in [6, 6.07) is 10.6. The Kier molecular flexibility index (Phi) is 2.05. The zero-order valence-corrected chi connectivity index (χ0v) is 8.17. The molecule has 1 aliphatic carbocycles. The smallest absolute Gasteiger partial charge is 0.00830 e. The topological polar surface area (TPSA) is 0 Å². The van der Waals surface area contributed by atoms with Crippen molar-refractivity contribution in [2.24, 2.45) is 0 Å². The van der Waals surface area contributed by atoms with Crippen LogP contribution in [0.5, 0.6) is 0 Å². The first-order valence-electron chi connectivity index (χ1n) is 4.71. The number of benzene rings is 1. The van der Waals surface area contributed by atoms with Gasteiger partial charge >= 0.3 is 0 Å². The van der Waals surface area contributed by atoms with Crippen molar-refractivity contribution in [3.05, 3.63) is 53.1 Å². The van der Waals surface area contributed by atoms with Gasteiger partial charge in [0.25, 0.3) is 0 Å². The predicted molar refractivity (Wildman–Crippen MR) is 57.4 cm³/mol. The number of hydrogen-bond donors (Lipinski definition) is 0. The SMILES string of the molecule is CC1=CCC(c2ccccc2)=C1C. The van der Waals surface area contributed by atoms with Crippen LogP contribution in [0.1, 0.15) is 25.8 Å². The number of hydrogen-bond acceptors (Lipinski definition) is 0. The van der Waals surface area contributed by atoms with E-state index in [1.54, 1.807) is 0 Å². The lowest BCUT2D eigenvalue weighted by Gasteiger charge is -2.04. The fourth-order valence-electron chi connectivity index (χ4n) is 1.77. The second kappa shape index (κ2) is 3.21. The molecule has 13 heavy (non-hydrogen) atoms. The Morgan fingerprint density at radius 1 is 1.00 bits per heavy atom. The average molecular weight is 170 g/mol. The van der Waals surface area contributed by atoms with Crippen LogP contribution in [-0.2, 0) is 0 Å². The zero-order valence-electron chi connectivity index (χ0n) is 8.17. The second-order valence-corrected chi connectivity index (χ2v) is 3.56. The molecule has 2 rings (SSSR count). The van der Waals surface area contributed by atoms with E-state index in [-0.39, 0.29) is 0 Å². The summed E-state index contributed by atoms with van der Waals surface area (Å²) in [5, 5.41) is 0. The molecule has 0 radical (unpaired) electrons. The van der Waals surface area contributed by atoms with Crippen molar-refractivity contribution in [3.8, 4) is 0 Å². The highest BCUT2D eigenvalue weighted by Gasteiger charge is 2.11. The Labute approximate surface area is 79.6 Å². The Hall–Kier alpha value is -1.30. The highest BCUT2D eigenvalue weighted by atomic mass is 14.2. The first kappa shape index (κ1) is 8.31. The maximum atomic E-state index is 2.30. The van der Waals surface area contributed by atoms with E-state index in [2.05, 4.69) is 50.3 Å². The number of allylic oxidation sites excluding steroid dienone is 4. The molecule has 0 saturated heterocycles. The Morgan fingerprint density at radius 3 is 2.23 bits per heavy atom. The minimum atomic E-state index is 1.10. The lowest BCUT2D eigenvalue weighted by molar-refractivity contribution is 1.38. The van der Waals surface area contributed by atoms with E-state index < -0.39 is 0 Å². The third-order valence-corrected chi connectivity index (χ3v) is 2.78. The molecule has 0 heterocycles. The van der Waals surface area contributed by atoms with E-state index in [4.69, 9.17) is 0 Å². The molecule has 0 heteroatoms. The Morgan fingerprint density at radius 2 is 1.69 bits per heavy atom. The summed E-state index contributed by atoms with van der Waals surface area (Å²) in [6.07, 6.45) is 3.40. The molecule has 1 aliphatic rings. The minimum Gasteiger partial charge on any atom is -0.0769 e. The summed E-state index contributed by atoms with van der Waals surface area (Å²) >= 11 is 0. The molecule has 0 fully saturated rings. The lowest BCUT2D eigenvalue weighted by Crippen LogP contribution is -1.82. The summed E-state index contributed by atoms with van der Waals surface area (Å²) in [7, 11) is 0. The molecular weight excluding hydrogens is 156 g/mol. The molecule has 0 unspecified atom stereocenters. The van der Waals surface area contributed by atoms with E-state index in [1.807, 2.05) is 0 Å². The minimum absolute atomic E-state index is 1.10. The highest BCUT2D eigenvalue weighted by Crippen LogP contribution is 2.32. The quantitative estimate of drug-likeness (QED) is 0.601. The van der Waals surface area contributed by atoms with Crippen LogP contribution >= 0.6 is 0 Å². The third kappa shape index (κ3) is 1.44. The van der Waals surface area contributed by atoms with Gasteiger partial charge in [0.2, 0.25) is 0 Å². The fourth-order valence-corrected chi connectivity index (χ4v) is 1.77. The van der Waals surface area contributed by atoms with Gasteiger partial charge in [-0.25, -0.2) is 0 Å². The van der Waals surface area contributed by atoms with E-state index >= 15 is 0 Å². The van der Waals surface area contributed by atoms with Gasteiger partial charge in [0.1, 0.15) is 0 Å². The van der Waals surface area contributed by atoms with E-state index in [0.717, 1.165) is 6.42 Å². The van der Waals surface area contributed by atoms with Crippen LogP contribution in [0.15, 0.2) is 47.6 Å². The van der Waals surface area contributed by atoms with Crippen molar-refractivity contribution in [1.29, 1.82) is 0 Å². The van der Waals surface area contributed by atoms with E-state index in [9.17, 15) is 0 Å². The van der Waals surface area contributed by atoms with Gasteiger partial charge in [-0.05, 0) is 37.0 Å². The molecule has 0 spiro atoms. The summed E-state index contributed by atoms with van der Waals surface area (Å²) < 4.78 is 0. The monoisotopic (exact) mass is 170 g/mol. The molecule has 66 valence electrons. The van der Waals surface area contributed by atoms with E-state index in [1.165, 1.54) is 22.3 Å². The van der Waals surface area contributed by atoms with Gasteiger partial charge in [-0.15, -0.1) is 0 Å². The molecule has 1 aromatic rings. The molecule has 0 amide bonds. The number of rotatable bonds is 1. The van der Waals surface area contributed by atoms with Crippen LogP contribution < -0.4 is 0 Å². The lowest BCUT2D eigenvalue weighted by atomic mass is 10.0. The van der Waals surface area contributed by atoms with Crippen molar-refractivity contribution >= 4 is 5.57 Å². The van der Waals surface area contributed by atoms with Gasteiger partial charge in [-0.1, -0.05) is 42.0 Å². The van der Waals surface area contributed by atoms with Gasteiger partial charge in [0.05, 0.1) is 0 Å². The van der Waals surface area contributed by atoms with Gasteiger partial charge in [0, 0.05) is 0 Å². The Bertz CT molecular complexity index is 366. The Balaban J connectivity index is 2.41. The normalized spacial score (nSPS) is 16.3. The van der Waals surface area contributed by atoms with Crippen LogP contribution in [0.2, 0.25) is 0 Å². The second-order valence-electron chi connectivity index (χ2n) is 3.56. The molecule has 1 aromatic carbocycles. The molecule has 0 saturated carbocycles. The van der Waals surface area contributed by atoms with Crippen molar-refractivity contribution in [2.45, 2.75) is 20.3 Å². The third-order valence-electron chi connectivity index (χ3n) is 2.78. The van der Waals surface area contributed by atoms with Gasteiger partial charge in [0.15, 0.2) is 0 Å². The molecule has 0 atom stereocenters. The molecule has 0 aromatic heterocycles. The van der Waals surface area contributed by atoms with Crippen molar-refractivity contribution in [1.82, 2.24) is 0 Å². The van der Waals surface area contributed by atoms with Crippen LogP contribution in [0, 0.1) is 0 Å². The summed E-state index contributed by atoms with van der Waals surface area (Å²) in [6.45, 7) is 4.40. The van der Waals surface area contributed by atoms with Gasteiger partial charge in [-0.2, -0.15) is 0 Å². The standard InChI is InChI=1S/C13H14/c1-10-8-9-13(11(10)2)12-6-4-3-5-7-12/h3-8H,9H2,1-2H3. The largest absolute Gasteiger partial charge is 0.0769 e. The van der Waals surface area contributed by atoms with Crippen LogP contribution in [0.4, 0.5) is 0 Å². The van der Waals surface area contributed by atoms with Crippen LogP contribution in [0.3, 0.4) is 0 Å². The van der Waals surface area contributed by atoms with Crippen molar-refractivity contribution in [3.63, 3.8) is 0 Å². The molecule has 0 bridgehead atoms. The maximum absolute atomic E-state index is 2.30. The fraction of sp³-hybridized carbons (Fsp3) is 0.231. The average Bonchev–Trinajstić information content (AvgIpc) is 2.49. The van der Waals surface area contributed by atoms with Crippen LogP contribution in [0.25, 0.3) is 5.57 Å². The molecule has 0 nitrogen and oxygen atoms in total. The van der Waals surface area contributed by atoms with Gasteiger partial charge < -0.3 is 0 Å². The van der Waals surface area contributed by atoms with E-state index in [0.29, 0.717) is 0 Å². The first-order chi connectivity index (χ1) is 6.29. The molecule has 0 aliphatic heterocycles. The van der Waals surface area contributed by atoms with Gasteiger partial charge in [-0.3, -0.25) is 0 Å². The van der Waals surface area contributed by atoms with Crippen LogP contribution in [-0.4, -0.2) is 0 Å². The highest BCUT2D eigenvalue weighted by molar-refractivity contribution is 5.76. The molecule has 0 N–H and O–H groups in total. The summed E-state index contributed by atoms with van der Waals surface area (Å²) in [4.78, 5) is 0.